The van der Waals surface area contributed by atoms with E-state index in [0.29, 0.717) is 16.8 Å². The van der Waals surface area contributed by atoms with E-state index in [1.807, 2.05) is 18.2 Å². The second-order valence-electron chi connectivity index (χ2n) is 6.12. The van der Waals surface area contributed by atoms with E-state index in [0.717, 1.165) is 17.2 Å². The molecule has 0 atom stereocenters. The van der Waals surface area contributed by atoms with E-state index < -0.39 is 17.6 Å². The number of halogens is 3. The summed E-state index contributed by atoms with van der Waals surface area (Å²) in [6.45, 7) is 1.74. The van der Waals surface area contributed by atoms with E-state index in [2.05, 4.69) is 0 Å². The van der Waals surface area contributed by atoms with Crippen LogP contribution in [-0.4, -0.2) is 5.91 Å². The summed E-state index contributed by atoms with van der Waals surface area (Å²) < 4.78 is 38.4. The minimum absolute atomic E-state index is 0.110. The first-order valence-corrected chi connectivity index (χ1v) is 8.86. The molecule has 0 spiro atoms. The lowest BCUT2D eigenvalue weighted by atomic mass is 10.0. The molecule has 3 aromatic rings. The molecule has 29 heavy (non-hydrogen) atoms. The molecule has 1 amide bonds. The molecule has 0 N–H and O–H groups in total. The highest BCUT2D eigenvalue weighted by Crippen LogP contribution is 2.31. The Morgan fingerprint density at radius 3 is 1.93 bits per heavy atom. The van der Waals surface area contributed by atoms with Crippen molar-refractivity contribution in [3.8, 4) is 5.75 Å². The average molecular weight is 397 g/mol. The molecule has 0 saturated heterocycles. The fraction of sp³-hybridized carbons (Fsp3) is 0.0870. The number of para-hydroxylation sites is 1. The number of hydrogen-bond donors (Lipinski definition) is 0. The van der Waals surface area contributed by atoms with E-state index in [4.69, 9.17) is 4.84 Å². The summed E-state index contributed by atoms with van der Waals surface area (Å²) in [7, 11) is 0. The first-order valence-electron chi connectivity index (χ1n) is 8.86. The highest BCUT2D eigenvalue weighted by Gasteiger charge is 2.30. The van der Waals surface area contributed by atoms with Gasteiger partial charge in [-0.25, -0.2) is 0 Å². The number of carbonyl (C=O) groups is 1. The molecular formula is C23H18F3NO2. The van der Waals surface area contributed by atoms with Gasteiger partial charge in [0.25, 0.3) is 5.91 Å². The average Bonchev–Trinajstić information content (AvgIpc) is 2.73. The molecule has 3 nitrogen and oxygen atoms in total. The van der Waals surface area contributed by atoms with Crippen molar-refractivity contribution in [3.63, 3.8) is 0 Å². The van der Waals surface area contributed by atoms with Crippen LogP contribution in [0.1, 0.15) is 18.1 Å². The number of benzene rings is 3. The van der Waals surface area contributed by atoms with Crippen molar-refractivity contribution in [1.82, 2.24) is 0 Å². The fourth-order valence-corrected chi connectivity index (χ4v) is 2.73. The Morgan fingerprint density at radius 1 is 0.862 bits per heavy atom. The molecule has 0 aliphatic carbocycles. The number of alkyl halides is 3. The molecule has 0 aliphatic heterocycles. The molecule has 0 bridgehead atoms. The number of nitrogens with zero attached hydrogens (tertiary/aromatic N) is 1. The quantitative estimate of drug-likeness (QED) is 0.383. The molecule has 0 fully saturated rings. The highest BCUT2D eigenvalue weighted by atomic mass is 19.4. The van der Waals surface area contributed by atoms with Gasteiger partial charge >= 0.3 is 6.18 Å². The van der Waals surface area contributed by atoms with E-state index in [-0.39, 0.29) is 5.75 Å². The second-order valence-corrected chi connectivity index (χ2v) is 6.12. The molecule has 0 radical (unpaired) electrons. The summed E-state index contributed by atoms with van der Waals surface area (Å²) in [6.07, 6.45) is -2.78. The van der Waals surface area contributed by atoms with Crippen LogP contribution < -0.4 is 9.90 Å². The lowest BCUT2D eigenvalue weighted by molar-refractivity contribution is -0.137. The van der Waals surface area contributed by atoms with Crippen LogP contribution in [0.15, 0.2) is 91.0 Å². The minimum atomic E-state index is -4.45. The van der Waals surface area contributed by atoms with E-state index in [1.54, 1.807) is 55.5 Å². The van der Waals surface area contributed by atoms with Crippen molar-refractivity contribution in [1.29, 1.82) is 0 Å². The Labute approximate surface area is 166 Å². The maximum Gasteiger partial charge on any atom is 0.416 e. The van der Waals surface area contributed by atoms with Gasteiger partial charge in [0, 0.05) is 5.57 Å². The van der Waals surface area contributed by atoms with Crippen LogP contribution in [0.4, 0.5) is 18.9 Å². The fourth-order valence-electron chi connectivity index (χ4n) is 2.73. The maximum atomic E-state index is 13.3. The minimum Gasteiger partial charge on any atom is -0.372 e. The molecular weight excluding hydrogens is 379 g/mol. The largest absolute Gasteiger partial charge is 0.416 e. The van der Waals surface area contributed by atoms with Crippen molar-refractivity contribution in [2.24, 2.45) is 0 Å². The van der Waals surface area contributed by atoms with Gasteiger partial charge in [-0.15, -0.1) is 5.06 Å². The van der Waals surface area contributed by atoms with Crippen molar-refractivity contribution in [3.05, 3.63) is 102 Å². The standard InChI is InChI=1S/C23H18F3NO2/c1-2-21(17-9-5-3-6-10-17)22(28)27(19-11-7-4-8-12-19)29-20-15-13-18(14-16-20)23(24,25)26/h2-16H,1H3. The smallest absolute Gasteiger partial charge is 0.372 e. The van der Waals surface area contributed by atoms with Gasteiger partial charge in [0.1, 0.15) is 0 Å². The Balaban J connectivity index is 1.94. The van der Waals surface area contributed by atoms with Gasteiger partial charge in [0.15, 0.2) is 5.75 Å². The topological polar surface area (TPSA) is 29.5 Å². The van der Waals surface area contributed by atoms with Gasteiger partial charge < -0.3 is 4.84 Å². The molecule has 0 aromatic heterocycles. The second kappa shape index (κ2) is 8.65. The first kappa shape index (κ1) is 20.2. The lowest BCUT2D eigenvalue weighted by Crippen LogP contribution is -2.35. The summed E-state index contributed by atoms with van der Waals surface area (Å²) in [5.41, 5.74) is 0.770. The number of carbonyl (C=O) groups excluding carboxylic acids is 1. The summed E-state index contributed by atoms with van der Waals surface area (Å²) in [5.74, 6) is -0.330. The third kappa shape index (κ3) is 4.85. The summed E-state index contributed by atoms with van der Waals surface area (Å²) >= 11 is 0. The molecule has 3 aromatic carbocycles. The monoisotopic (exact) mass is 397 g/mol. The molecule has 0 aliphatic rings. The van der Waals surface area contributed by atoms with Gasteiger partial charge in [0.2, 0.25) is 0 Å². The predicted molar refractivity (Wildman–Crippen MR) is 106 cm³/mol. The third-order valence-corrected chi connectivity index (χ3v) is 4.16. The Hall–Kier alpha value is -3.54. The SMILES string of the molecule is CC=C(C(=O)N(Oc1ccc(C(F)(F)F)cc1)c1ccccc1)c1ccccc1. The number of anilines is 1. The zero-order chi connectivity index (χ0) is 20.9. The number of rotatable bonds is 5. The molecule has 0 heterocycles. The number of hydrogen-bond acceptors (Lipinski definition) is 2. The van der Waals surface area contributed by atoms with Crippen molar-refractivity contribution in [2.45, 2.75) is 13.1 Å². The van der Waals surface area contributed by atoms with Gasteiger partial charge in [0.05, 0.1) is 11.3 Å². The Morgan fingerprint density at radius 2 is 1.41 bits per heavy atom. The molecule has 6 heteroatoms. The highest BCUT2D eigenvalue weighted by molar-refractivity contribution is 6.25. The van der Waals surface area contributed by atoms with Gasteiger partial charge in [-0.1, -0.05) is 54.6 Å². The van der Waals surface area contributed by atoms with E-state index >= 15 is 0 Å². The van der Waals surface area contributed by atoms with Crippen molar-refractivity contribution >= 4 is 17.2 Å². The van der Waals surface area contributed by atoms with E-state index in [1.165, 1.54) is 12.1 Å². The van der Waals surface area contributed by atoms with Crippen LogP contribution in [0.5, 0.6) is 5.75 Å². The number of allylic oxidation sites excluding steroid dienone is 1. The van der Waals surface area contributed by atoms with Crippen LogP contribution in [0.2, 0.25) is 0 Å². The van der Waals surface area contributed by atoms with Crippen molar-refractivity contribution in [2.75, 3.05) is 5.06 Å². The van der Waals surface area contributed by atoms with Crippen LogP contribution in [0, 0.1) is 0 Å². The first-order chi connectivity index (χ1) is 13.9. The Bertz CT molecular complexity index is 982. The van der Waals surface area contributed by atoms with E-state index in [9.17, 15) is 18.0 Å². The zero-order valence-corrected chi connectivity index (χ0v) is 15.6. The molecule has 0 unspecified atom stereocenters. The summed E-state index contributed by atoms with van der Waals surface area (Å²) in [6, 6.07) is 21.9. The van der Waals surface area contributed by atoms with Crippen LogP contribution in [0.3, 0.4) is 0 Å². The summed E-state index contributed by atoms with van der Waals surface area (Å²) in [5, 5.41) is 1.07. The number of amides is 1. The predicted octanol–water partition coefficient (Wildman–Crippen LogP) is 6.14. The van der Waals surface area contributed by atoms with Gasteiger partial charge in [-0.3, -0.25) is 4.79 Å². The maximum absolute atomic E-state index is 13.3. The lowest BCUT2D eigenvalue weighted by Gasteiger charge is -2.24. The molecule has 148 valence electrons. The normalized spacial score (nSPS) is 11.8. The molecule has 0 saturated carbocycles. The van der Waals surface area contributed by atoms with Crippen LogP contribution in [-0.2, 0) is 11.0 Å². The van der Waals surface area contributed by atoms with Gasteiger partial charge in [-0.05, 0) is 48.9 Å². The molecule has 3 rings (SSSR count). The van der Waals surface area contributed by atoms with Crippen LogP contribution >= 0.6 is 0 Å². The third-order valence-electron chi connectivity index (χ3n) is 4.16. The van der Waals surface area contributed by atoms with Gasteiger partial charge in [-0.2, -0.15) is 13.2 Å². The number of hydroxylamine groups is 1. The van der Waals surface area contributed by atoms with Crippen molar-refractivity contribution < 1.29 is 22.8 Å². The summed E-state index contributed by atoms with van der Waals surface area (Å²) in [4.78, 5) is 19.0. The zero-order valence-electron chi connectivity index (χ0n) is 15.6. The van der Waals surface area contributed by atoms with Crippen LogP contribution in [0.25, 0.3) is 5.57 Å². The Kier molecular flexibility index (Phi) is 6.02.